The largest absolute Gasteiger partial charge is 0.381 e. The first-order chi connectivity index (χ1) is 9.78. The predicted octanol–water partition coefficient (Wildman–Crippen LogP) is 3.37. The van der Waals surface area contributed by atoms with E-state index in [-0.39, 0.29) is 0 Å². The minimum Gasteiger partial charge on any atom is -0.381 e. The highest BCUT2D eigenvalue weighted by Gasteiger charge is 2.17. The van der Waals surface area contributed by atoms with Crippen LogP contribution in [0.5, 0.6) is 0 Å². The minimum atomic E-state index is 0.372. The van der Waals surface area contributed by atoms with Gasteiger partial charge in [-0.3, -0.25) is 9.48 Å². The van der Waals surface area contributed by atoms with Gasteiger partial charge in [0.1, 0.15) is 0 Å². The lowest BCUT2D eigenvalue weighted by atomic mass is 10.0. The second kappa shape index (κ2) is 5.77. The lowest BCUT2D eigenvalue weighted by Gasteiger charge is -2.22. The van der Waals surface area contributed by atoms with E-state index in [1.54, 1.807) is 24.4 Å². The van der Waals surface area contributed by atoms with Crippen molar-refractivity contribution in [3.05, 3.63) is 41.2 Å². The lowest BCUT2D eigenvalue weighted by Crippen LogP contribution is -2.19. The SMILES string of the molecule is O=Cc1ccc(Cl)cc1-c1cnn(C2CCOCC2)c1. The molecule has 4 nitrogen and oxygen atoms in total. The summed E-state index contributed by atoms with van der Waals surface area (Å²) >= 11 is 6.02. The average molecular weight is 291 g/mol. The molecule has 104 valence electrons. The molecule has 0 unspecified atom stereocenters. The van der Waals surface area contributed by atoms with Crippen LogP contribution < -0.4 is 0 Å². The van der Waals surface area contributed by atoms with Crippen LogP contribution in [-0.4, -0.2) is 29.3 Å². The minimum absolute atomic E-state index is 0.372. The summed E-state index contributed by atoms with van der Waals surface area (Å²) in [5.41, 5.74) is 2.37. The first kappa shape index (κ1) is 13.3. The fourth-order valence-electron chi connectivity index (χ4n) is 2.51. The van der Waals surface area contributed by atoms with E-state index in [1.165, 1.54) is 0 Å². The second-order valence-electron chi connectivity index (χ2n) is 4.90. The number of aldehydes is 1. The second-order valence-corrected chi connectivity index (χ2v) is 5.34. The molecule has 3 rings (SSSR count). The quantitative estimate of drug-likeness (QED) is 0.814. The molecule has 5 heteroatoms. The maximum absolute atomic E-state index is 11.1. The van der Waals surface area contributed by atoms with Gasteiger partial charge in [-0.25, -0.2) is 0 Å². The molecule has 0 atom stereocenters. The van der Waals surface area contributed by atoms with Crippen LogP contribution in [0.25, 0.3) is 11.1 Å². The van der Waals surface area contributed by atoms with Gasteiger partial charge < -0.3 is 4.74 Å². The molecule has 0 saturated carbocycles. The molecule has 1 aliphatic heterocycles. The molecular formula is C15H15ClN2O2. The molecule has 2 aromatic rings. The van der Waals surface area contributed by atoms with Crippen molar-refractivity contribution in [3.8, 4) is 11.1 Å². The van der Waals surface area contributed by atoms with Gasteiger partial charge in [-0.15, -0.1) is 0 Å². The first-order valence-corrected chi connectivity index (χ1v) is 7.03. The summed E-state index contributed by atoms with van der Waals surface area (Å²) in [6.07, 6.45) is 6.55. The Labute approximate surface area is 122 Å². The first-order valence-electron chi connectivity index (χ1n) is 6.65. The zero-order chi connectivity index (χ0) is 13.9. The maximum atomic E-state index is 11.1. The highest BCUT2D eigenvalue weighted by Crippen LogP contribution is 2.28. The molecule has 0 amide bonds. The van der Waals surface area contributed by atoms with Crippen molar-refractivity contribution in [1.82, 2.24) is 9.78 Å². The molecular weight excluding hydrogens is 276 g/mol. The summed E-state index contributed by atoms with van der Waals surface area (Å²) in [4.78, 5) is 11.1. The molecule has 1 aromatic carbocycles. The Hall–Kier alpha value is -1.65. The molecule has 0 spiro atoms. The number of benzene rings is 1. The third-order valence-corrected chi connectivity index (χ3v) is 3.85. The Morgan fingerprint density at radius 3 is 2.90 bits per heavy atom. The van der Waals surface area contributed by atoms with Crippen molar-refractivity contribution >= 4 is 17.9 Å². The Morgan fingerprint density at radius 1 is 1.35 bits per heavy atom. The van der Waals surface area contributed by atoms with E-state index in [2.05, 4.69) is 5.10 Å². The zero-order valence-electron chi connectivity index (χ0n) is 11.0. The summed E-state index contributed by atoms with van der Waals surface area (Å²) < 4.78 is 7.33. The van der Waals surface area contributed by atoms with Gasteiger partial charge in [0.2, 0.25) is 0 Å². The Kier molecular flexibility index (Phi) is 3.85. The Morgan fingerprint density at radius 2 is 2.15 bits per heavy atom. The van der Waals surface area contributed by atoms with Crippen LogP contribution in [-0.2, 0) is 4.74 Å². The van der Waals surface area contributed by atoms with Crippen molar-refractivity contribution < 1.29 is 9.53 Å². The number of ether oxygens (including phenoxy) is 1. The van der Waals surface area contributed by atoms with Crippen molar-refractivity contribution in [3.63, 3.8) is 0 Å². The third-order valence-electron chi connectivity index (χ3n) is 3.62. The Balaban J connectivity index is 1.93. The predicted molar refractivity (Wildman–Crippen MR) is 77.2 cm³/mol. The fourth-order valence-corrected chi connectivity index (χ4v) is 2.68. The molecule has 1 fully saturated rings. The smallest absolute Gasteiger partial charge is 0.150 e. The van der Waals surface area contributed by atoms with Crippen LogP contribution in [0, 0.1) is 0 Å². The number of halogens is 1. The van der Waals surface area contributed by atoms with E-state index >= 15 is 0 Å². The highest BCUT2D eigenvalue weighted by atomic mass is 35.5. The number of rotatable bonds is 3. The summed E-state index contributed by atoms with van der Waals surface area (Å²) in [6.45, 7) is 1.55. The number of aromatic nitrogens is 2. The van der Waals surface area contributed by atoms with Gasteiger partial charge in [-0.1, -0.05) is 11.6 Å². The third kappa shape index (κ3) is 2.62. The van der Waals surface area contributed by atoms with Crippen LogP contribution in [0.4, 0.5) is 0 Å². The van der Waals surface area contributed by atoms with E-state index < -0.39 is 0 Å². The van der Waals surface area contributed by atoms with Gasteiger partial charge in [0.25, 0.3) is 0 Å². The number of hydrogen-bond acceptors (Lipinski definition) is 3. The maximum Gasteiger partial charge on any atom is 0.150 e. The molecule has 1 saturated heterocycles. The van der Waals surface area contributed by atoms with E-state index in [0.717, 1.165) is 43.5 Å². The van der Waals surface area contributed by atoms with Crippen LogP contribution in [0.3, 0.4) is 0 Å². The topological polar surface area (TPSA) is 44.1 Å². The van der Waals surface area contributed by atoms with Crippen LogP contribution in [0.15, 0.2) is 30.6 Å². The molecule has 0 aliphatic carbocycles. The number of carbonyl (C=O) groups is 1. The number of nitrogens with zero attached hydrogens (tertiary/aromatic N) is 2. The van der Waals surface area contributed by atoms with E-state index in [1.807, 2.05) is 10.9 Å². The van der Waals surface area contributed by atoms with Crippen molar-refractivity contribution in [2.75, 3.05) is 13.2 Å². The number of carbonyl (C=O) groups excluding carboxylic acids is 1. The van der Waals surface area contributed by atoms with Crippen molar-refractivity contribution in [2.45, 2.75) is 18.9 Å². The molecule has 20 heavy (non-hydrogen) atoms. The van der Waals surface area contributed by atoms with Gasteiger partial charge >= 0.3 is 0 Å². The summed E-state index contributed by atoms with van der Waals surface area (Å²) in [5, 5.41) is 5.04. The monoisotopic (exact) mass is 290 g/mol. The van der Waals surface area contributed by atoms with Crippen molar-refractivity contribution in [1.29, 1.82) is 0 Å². The van der Waals surface area contributed by atoms with Crippen molar-refractivity contribution in [2.24, 2.45) is 0 Å². The molecule has 0 bridgehead atoms. The van der Waals surface area contributed by atoms with Gasteiger partial charge in [0, 0.05) is 35.6 Å². The van der Waals surface area contributed by atoms with E-state index in [0.29, 0.717) is 16.6 Å². The Bertz CT molecular complexity index is 618. The zero-order valence-corrected chi connectivity index (χ0v) is 11.7. The molecule has 1 aromatic heterocycles. The van der Waals surface area contributed by atoms with Gasteiger partial charge in [-0.05, 0) is 36.6 Å². The summed E-state index contributed by atoms with van der Waals surface area (Å²) in [5.74, 6) is 0. The summed E-state index contributed by atoms with van der Waals surface area (Å²) in [7, 11) is 0. The standard InChI is InChI=1S/C15H15ClN2O2/c16-13-2-1-11(10-19)15(7-13)12-8-17-18(9-12)14-3-5-20-6-4-14/h1-2,7-10,14H,3-6H2. The van der Waals surface area contributed by atoms with Gasteiger partial charge in [0.05, 0.1) is 12.2 Å². The summed E-state index contributed by atoms with van der Waals surface area (Å²) in [6, 6.07) is 5.63. The lowest BCUT2D eigenvalue weighted by molar-refractivity contribution is 0.0662. The van der Waals surface area contributed by atoms with Crippen LogP contribution >= 0.6 is 11.6 Å². The fraction of sp³-hybridized carbons (Fsp3) is 0.333. The van der Waals surface area contributed by atoms with Gasteiger partial charge in [-0.2, -0.15) is 5.10 Å². The van der Waals surface area contributed by atoms with Gasteiger partial charge in [0.15, 0.2) is 6.29 Å². The van der Waals surface area contributed by atoms with Crippen LogP contribution in [0.1, 0.15) is 29.2 Å². The molecule has 0 N–H and O–H groups in total. The molecule has 2 heterocycles. The molecule has 1 aliphatic rings. The van der Waals surface area contributed by atoms with E-state index in [9.17, 15) is 4.79 Å². The average Bonchev–Trinajstić information content (AvgIpc) is 2.98. The molecule has 0 radical (unpaired) electrons. The highest BCUT2D eigenvalue weighted by molar-refractivity contribution is 6.31. The van der Waals surface area contributed by atoms with E-state index in [4.69, 9.17) is 16.3 Å². The normalized spacial score (nSPS) is 16.2. The van der Waals surface area contributed by atoms with Crippen LogP contribution in [0.2, 0.25) is 5.02 Å². The number of hydrogen-bond donors (Lipinski definition) is 0.